The van der Waals surface area contributed by atoms with Crippen molar-refractivity contribution in [1.82, 2.24) is 10.3 Å². The topological polar surface area (TPSA) is 67.3 Å². The van der Waals surface area contributed by atoms with E-state index < -0.39 is 0 Å². The number of methoxy groups -OCH3 is 1. The van der Waals surface area contributed by atoms with Gasteiger partial charge in [0.2, 0.25) is 0 Å². The van der Waals surface area contributed by atoms with Crippen LogP contribution < -0.4 is 10.1 Å². The standard InChI is InChI=1S/C22H19ClN2O3/c1-27-15-6-7-16-14(13-25-19(16)12-15)10-11-24-22(26)21-9-8-20(28-21)17-4-2-3-5-18(17)23/h2-9,12-13,25H,10-11H2,1H3,(H,24,26). The molecule has 4 rings (SSSR count). The number of halogens is 1. The fraction of sp³-hybridized carbons (Fsp3) is 0.136. The number of hydrogen-bond donors (Lipinski definition) is 2. The fourth-order valence-corrected chi connectivity index (χ4v) is 3.39. The van der Waals surface area contributed by atoms with Crippen molar-refractivity contribution in [2.45, 2.75) is 6.42 Å². The second kappa shape index (κ2) is 7.82. The third-order valence-electron chi connectivity index (χ3n) is 4.62. The average molecular weight is 395 g/mol. The van der Waals surface area contributed by atoms with Gasteiger partial charge in [-0.25, -0.2) is 0 Å². The molecule has 0 atom stereocenters. The van der Waals surface area contributed by atoms with E-state index in [2.05, 4.69) is 10.3 Å². The van der Waals surface area contributed by atoms with E-state index in [4.69, 9.17) is 20.8 Å². The molecule has 0 fully saturated rings. The summed E-state index contributed by atoms with van der Waals surface area (Å²) in [6, 6.07) is 16.7. The zero-order valence-corrected chi connectivity index (χ0v) is 16.0. The Bertz CT molecular complexity index is 1130. The number of carbonyl (C=O) groups is 1. The highest BCUT2D eigenvalue weighted by Gasteiger charge is 2.14. The number of amides is 1. The van der Waals surface area contributed by atoms with Gasteiger partial charge in [-0.2, -0.15) is 0 Å². The minimum Gasteiger partial charge on any atom is -0.497 e. The van der Waals surface area contributed by atoms with Crippen LogP contribution in [0, 0.1) is 0 Å². The Morgan fingerprint density at radius 2 is 2.04 bits per heavy atom. The number of nitrogens with one attached hydrogen (secondary N) is 2. The molecule has 5 nitrogen and oxygen atoms in total. The molecule has 2 N–H and O–H groups in total. The molecule has 2 aromatic carbocycles. The molecular weight excluding hydrogens is 376 g/mol. The van der Waals surface area contributed by atoms with Crippen LogP contribution in [-0.2, 0) is 6.42 Å². The maximum atomic E-state index is 12.4. The number of carbonyl (C=O) groups excluding carboxylic acids is 1. The van der Waals surface area contributed by atoms with Crippen molar-refractivity contribution in [1.29, 1.82) is 0 Å². The Morgan fingerprint density at radius 3 is 2.86 bits per heavy atom. The first-order valence-corrected chi connectivity index (χ1v) is 9.30. The lowest BCUT2D eigenvalue weighted by Crippen LogP contribution is -2.25. The van der Waals surface area contributed by atoms with Gasteiger partial charge >= 0.3 is 0 Å². The second-order valence-corrected chi connectivity index (χ2v) is 6.78. The number of fused-ring (bicyclic) bond motifs is 1. The highest BCUT2D eigenvalue weighted by atomic mass is 35.5. The van der Waals surface area contributed by atoms with Crippen molar-refractivity contribution in [3.63, 3.8) is 0 Å². The molecule has 0 aliphatic heterocycles. The molecule has 1 amide bonds. The smallest absolute Gasteiger partial charge is 0.287 e. The molecule has 4 aromatic rings. The van der Waals surface area contributed by atoms with Crippen molar-refractivity contribution >= 4 is 28.4 Å². The van der Waals surface area contributed by atoms with E-state index in [9.17, 15) is 4.79 Å². The van der Waals surface area contributed by atoms with E-state index in [0.29, 0.717) is 23.7 Å². The molecule has 6 heteroatoms. The van der Waals surface area contributed by atoms with Gasteiger partial charge in [-0.05, 0) is 48.4 Å². The minimum atomic E-state index is -0.250. The van der Waals surface area contributed by atoms with Gasteiger partial charge in [-0.1, -0.05) is 23.7 Å². The Kier molecular flexibility index (Phi) is 5.08. The summed E-state index contributed by atoms with van der Waals surface area (Å²) in [5, 5.41) is 4.60. The normalized spacial score (nSPS) is 10.9. The number of rotatable bonds is 6. The molecule has 0 aliphatic carbocycles. The van der Waals surface area contributed by atoms with E-state index >= 15 is 0 Å². The molecule has 0 saturated heterocycles. The van der Waals surface area contributed by atoms with Crippen LogP contribution in [0.4, 0.5) is 0 Å². The molecule has 0 unspecified atom stereocenters. The predicted molar refractivity (Wildman–Crippen MR) is 110 cm³/mol. The van der Waals surface area contributed by atoms with Crippen molar-refractivity contribution in [2.24, 2.45) is 0 Å². The first-order chi connectivity index (χ1) is 13.7. The highest BCUT2D eigenvalue weighted by molar-refractivity contribution is 6.33. The summed E-state index contributed by atoms with van der Waals surface area (Å²) >= 11 is 6.18. The third kappa shape index (κ3) is 3.62. The van der Waals surface area contributed by atoms with Gasteiger partial charge in [0.15, 0.2) is 5.76 Å². The van der Waals surface area contributed by atoms with Gasteiger partial charge in [0.1, 0.15) is 11.5 Å². The molecule has 0 aliphatic rings. The zero-order valence-electron chi connectivity index (χ0n) is 15.3. The van der Waals surface area contributed by atoms with Crippen LogP contribution in [0.5, 0.6) is 5.75 Å². The molecule has 2 heterocycles. The number of aromatic nitrogens is 1. The molecule has 0 saturated carbocycles. The summed E-state index contributed by atoms with van der Waals surface area (Å²) in [4.78, 5) is 15.6. The summed E-state index contributed by atoms with van der Waals surface area (Å²) in [6.07, 6.45) is 2.66. The Morgan fingerprint density at radius 1 is 1.18 bits per heavy atom. The molecule has 0 spiro atoms. The Hall–Kier alpha value is -3.18. The van der Waals surface area contributed by atoms with Gasteiger partial charge in [-0.15, -0.1) is 0 Å². The monoisotopic (exact) mass is 394 g/mol. The van der Waals surface area contributed by atoms with Crippen LogP contribution in [0.15, 0.2) is 65.2 Å². The lowest BCUT2D eigenvalue weighted by Gasteiger charge is -2.04. The number of benzene rings is 2. The van der Waals surface area contributed by atoms with Gasteiger partial charge < -0.3 is 19.5 Å². The van der Waals surface area contributed by atoms with E-state index in [1.807, 2.05) is 42.6 Å². The average Bonchev–Trinajstić information content (AvgIpc) is 3.35. The molecule has 0 bridgehead atoms. The van der Waals surface area contributed by atoms with Crippen molar-refractivity contribution < 1.29 is 13.9 Å². The minimum absolute atomic E-state index is 0.250. The summed E-state index contributed by atoms with van der Waals surface area (Å²) in [6.45, 7) is 0.500. The molecular formula is C22H19ClN2O3. The molecule has 28 heavy (non-hydrogen) atoms. The molecule has 142 valence electrons. The Balaban J connectivity index is 1.40. The predicted octanol–water partition coefficient (Wildman–Crippen LogP) is 5.06. The lowest BCUT2D eigenvalue weighted by atomic mass is 10.1. The van der Waals surface area contributed by atoms with E-state index in [1.165, 1.54) is 0 Å². The summed E-state index contributed by atoms with van der Waals surface area (Å²) in [5.74, 6) is 1.39. The number of aromatic amines is 1. The van der Waals surface area contributed by atoms with Gasteiger partial charge in [0, 0.05) is 35.3 Å². The van der Waals surface area contributed by atoms with Crippen LogP contribution in [-0.4, -0.2) is 24.5 Å². The van der Waals surface area contributed by atoms with Gasteiger partial charge in [0.25, 0.3) is 5.91 Å². The van der Waals surface area contributed by atoms with Gasteiger partial charge in [0.05, 0.1) is 12.1 Å². The summed E-state index contributed by atoms with van der Waals surface area (Å²) in [5.41, 5.74) is 2.91. The lowest BCUT2D eigenvalue weighted by molar-refractivity contribution is 0.0927. The highest BCUT2D eigenvalue weighted by Crippen LogP contribution is 2.29. The zero-order chi connectivity index (χ0) is 19.5. The first kappa shape index (κ1) is 18.2. The quantitative estimate of drug-likeness (QED) is 0.480. The third-order valence-corrected chi connectivity index (χ3v) is 4.95. The first-order valence-electron chi connectivity index (χ1n) is 8.92. The second-order valence-electron chi connectivity index (χ2n) is 6.38. The van der Waals surface area contributed by atoms with E-state index in [0.717, 1.165) is 27.8 Å². The molecule has 0 radical (unpaired) electrons. The molecule has 2 aromatic heterocycles. The van der Waals surface area contributed by atoms with Crippen molar-refractivity contribution in [3.8, 4) is 17.1 Å². The largest absolute Gasteiger partial charge is 0.497 e. The summed E-state index contributed by atoms with van der Waals surface area (Å²) in [7, 11) is 1.65. The van der Waals surface area contributed by atoms with Crippen LogP contribution in [0.25, 0.3) is 22.2 Å². The Labute approximate surface area is 167 Å². The van der Waals surface area contributed by atoms with Crippen LogP contribution >= 0.6 is 11.6 Å². The summed E-state index contributed by atoms with van der Waals surface area (Å²) < 4.78 is 10.9. The van der Waals surface area contributed by atoms with Gasteiger partial charge in [-0.3, -0.25) is 4.79 Å². The SMILES string of the molecule is COc1ccc2c(CCNC(=O)c3ccc(-c4ccccc4Cl)o3)c[nH]c2c1. The van der Waals surface area contributed by atoms with Crippen LogP contribution in [0.3, 0.4) is 0 Å². The van der Waals surface area contributed by atoms with Crippen LogP contribution in [0.2, 0.25) is 5.02 Å². The number of ether oxygens (including phenoxy) is 1. The van der Waals surface area contributed by atoms with Crippen LogP contribution in [0.1, 0.15) is 16.1 Å². The van der Waals surface area contributed by atoms with Crippen molar-refractivity contribution in [3.05, 3.63) is 77.1 Å². The van der Waals surface area contributed by atoms with E-state index in [-0.39, 0.29) is 11.7 Å². The maximum Gasteiger partial charge on any atom is 0.287 e. The number of furan rings is 1. The maximum absolute atomic E-state index is 12.4. The van der Waals surface area contributed by atoms with E-state index in [1.54, 1.807) is 25.3 Å². The van der Waals surface area contributed by atoms with Crippen molar-refractivity contribution in [2.75, 3.05) is 13.7 Å². The number of hydrogen-bond acceptors (Lipinski definition) is 3. The number of H-pyrrole nitrogens is 1. The fourth-order valence-electron chi connectivity index (χ4n) is 3.16.